The first kappa shape index (κ1) is 20.0. The van der Waals surface area contributed by atoms with Crippen molar-refractivity contribution in [2.75, 3.05) is 0 Å². The van der Waals surface area contributed by atoms with Crippen LogP contribution in [0.4, 0.5) is 0 Å². The molecule has 0 saturated carbocycles. The van der Waals surface area contributed by atoms with Gasteiger partial charge in [0.2, 0.25) is 0 Å². The molecule has 0 amide bonds. The molecule has 0 unspecified atom stereocenters. The van der Waals surface area contributed by atoms with Crippen molar-refractivity contribution in [1.29, 1.82) is 0 Å². The second-order valence-electron chi connectivity index (χ2n) is 3.95. The van der Waals surface area contributed by atoms with Gasteiger partial charge in [-0.2, -0.15) is 0 Å². The van der Waals surface area contributed by atoms with Crippen molar-refractivity contribution in [3.63, 3.8) is 0 Å². The van der Waals surface area contributed by atoms with Crippen molar-refractivity contribution in [2.24, 2.45) is 0 Å². The summed E-state index contributed by atoms with van der Waals surface area (Å²) in [7, 11) is 0. The molecule has 0 fully saturated rings. The Bertz CT molecular complexity index is 334. The van der Waals surface area contributed by atoms with Gasteiger partial charge in [0, 0.05) is 0 Å². The van der Waals surface area contributed by atoms with Gasteiger partial charge in [0.15, 0.2) is 0 Å². The second kappa shape index (κ2) is 14.8. The number of allylic oxidation sites excluding steroid dienone is 2. The standard InChI is InChI=1S/C15H20.2C2H6/c1-4-5-6-7-10-13(2)15-12-9-8-11-14(15)3;2*1-2/h4,8-9,11-12H,1-2,5-7,10H2,3H3;2*1-2H3. The summed E-state index contributed by atoms with van der Waals surface area (Å²) in [6, 6.07) is 8.45. The quantitative estimate of drug-likeness (QED) is 0.389. The normalized spacial score (nSPS) is 8.47. The monoisotopic (exact) mass is 260 g/mol. The van der Waals surface area contributed by atoms with Crippen LogP contribution in [0.1, 0.15) is 64.5 Å². The van der Waals surface area contributed by atoms with Crippen molar-refractivity contribution in [1.82, 2.24) is 0 Å². The third-order valence-electron chi connectivity index (χ3n) is 2.66. The van der Waals surface area contributed by atoms with Crippen molar-refractivity contribution in [2.45, 2.75) is 60.3 Å². The highest BCUT2D eigenvalue weighted by Gasteiger charge is 2.01. The second-order valence-corrected chi connectivity index (χ2v) is 3.95. The van der Waals surface area contributed by atoms with E-state index >= 15 is 0 Å². The minimum absolute atomic E-state index is 1.10. The Morgan fingerprint density at radius 1 is 1.05 bits per heavy atom. The summed E-state index contributed by atoms with van der Waals surface area (Å²) in [5.41, 5.74) is 3.90. The molecule has 0 heterocycles. The Kier molecular flexibility index (Phi) is 15.6. The lowest BCUT2D eigenvalue weighted by Gasteiger charge is -2.08. The van der Waals surface area contributed by atoms with Crippen LogP contribution in [0.25, 0.3) is 5.57 Å². The Labute approximate surface area is 121 Å². The summed E-state index contributed by atoms with van der Waals surface area (Å²) in [5, 5.41) is 0. The van der Waals surface area contributed by atoms with Gasteiger partial charge >= 0.3 is 0 Å². The number of aryl methyl sites for hydroxylation is 1. The molecule has 0 aliphatic carbocycles. The Hall–Kier alpha value is -1.30. The number of unbranched alkanes of at least 4 members (excludes halogenated alkanes) is 2. The molecule has 0 saturated heterocycles. The SMILES string of the molecule is C=CCCCCC(=C)c1ccccc1C.CC.CC. The van der Waals surface area contributed by atoms with E-state index in [1.807, 2.05) is 33.8 Å². The lowest BCUT2D eigenvalue weighted by molar-refractivity contribution is 0.770. The Morgan fingerprint density at radius 2 is 1.63 bits per heavy atom. The lowest BCUT2D eigenvalue weighted by atomic mass is 9.97. The van der Waals surface area contributed by atoms with Gasteiger partial charge in [0.25, 0.3) is 0 Å². The van der Waals surface area contributed by atoms with E-state index < -0.39 is 0 Å². The third kappa shape index (κ3) is 9.30. The minimum Gasteiger partial charge on any atom is -0.103 e. The molecule has 0 radical (unpaired) electrons. The number of hydrogen-bond acceptors (Lipinski definition) is 0. The molecule has 1 aromatic rings. The average Bonchev–Trinajstić information content (AvgIpc) is 2.48. The molecule has 0 N–H and O–H groups in total. The van der Waals surface area contributed by atoms with E-state index in [1.54, 1.807) is 0 Å². The zero-order chi connectivity index (χ0) is 15.1. The van der Waals surface area contributed by atoms with Crippen molar-refractivity contribution in [3.05, 3.63) is 54.6 Å². The number of benzene rings is 1. The summed E-state index contributed by atoms with van der Waals surface area (Å²) < 4.78 is 0. The highest BCUT2D eigenvalue weighted by molar-refractivity contribution is 5.65. The molecule has 0 aromatic heterocycles. The van der Waals surface area contributed by atoms with Gasteiger partial charge in [0.1, 0.15) is 0 Å². The molecule has 19 heavy (non-hydrogen) atoms. The summed E-state index contributed by atoms with van der Waals surface area (Å²) in [5.74, 6) is 0. The fourth-order valence-electron chi connectivity index (χ4n) is 1.73. The molecular weight excluding hydrogens is 228 g/mol. The van der Waals surface area contributed by atoms with Gasteiger partial charge in [-0.3, -0.25) is 0 Å². The summed E-state index contributed by atoms with van der Waals surface area (Å²) >= 11 is 0. The van der Waals surface area contributed by atoms with E-state index in [2.05, 4.69) is 44.3 Å². The van der Waals surface area contributed by atoms with Crippen LogP contribution in [-0.2, 0) is 0 Å². The number of hydrogen-bond donors (Lipinski definition) is 0. The fourth-order valence-corrected chi connectivity index (χ4v) is 1.73. The van der Waals surface area contributed by atoms with Crippen molar-refractivity contribution < 1.29 is 0 Å². The zero-order valence-electron chi connectivity index (χ0n) is 13.6. The first-order valence-electron chi connectivity index (χ1n) is 7.60. The average molecular weight is 260 g/mol. The number of rotatable bonds is 6. The molecule has 108 valence electrons. The molecular formula is C19H32. The maximum absolute atomic E-state index is 4.16. The molecule has 0 nitrogen and oxygen atoms in total. The van der Waals surface area contributed by atoms with E-state index in [0.29, 0.717) is 0 Å². The summed E-state index contributed by atoms with van der Waals surface area (Å²) in [4.78, 5) is 0. The zero-order valence-corrected chi connectivity index (χ0v) is 13.6. The highest BCUT2D eigenvalue weighted by Crippen LogP contribution is 2.22. The van der Waals surface area contributed by atoms with E-state index in [4.69, 9.17) is 0 Å². The third-order valence-corrected chi connectivity index (χ3v) is 2.66. The van der Waals surface area contributed by atoms with Gasteiger partial charge in [0.05, 0.1) is 0 Å². The van der Waals surface area contributed by atoms with E-state index in [0.717, 1.165) is 12.8 Å². The summed E-state index contributed by atoms with van der Waals surface area (Å²) in [6.45, 7) is 18.0. The molecule has 0 atom stereocenters. The molecule has 0 heteroatoms. The molecule has 0 spiro atoms. The predicted octanol–water partition coefficient (Wildman–Crippen LogP) is 6.81. The van der Waals surface area contributed by atoms with Crippen LogP contribution in [0.3, 0.4) is 0 Å². The summed E-state index contributed by atoms with van der Waals surface area (Å²) in [6.07, 6.45) is 6.61. The maximum atomic E-state index is 4.16. The van der Waals surface area contributed by atoms with Crippen LogP contribution in [0.5, 0.6) is 0 Å². The highest BCUT2D eigenvalue weighted by atomic mass is 14.1. The van der Waals surface area contributed by atoms with Gasteiger partial charge < -0.3 is 0 Å². The van der Waals surface area contributed by atoms with Crippen LogP contribution >= 0.6 is 0 Å². The molecule has 0 bridgehead atoms. The first-order chi connectivity index (χ1) is 9.25. The Balaban J connectivity index is 0. The van der Waals surface area contributed by atoms with Crippen LogP contribution in [0.15, 0.2) is 43.5 Å². The molecule has 1 rings (SSSR count). The largest absolute Gasteiger partial charge is 0.103 e. The van der Waals surface area contributed by atoms with E-state index in [-0.39, 0.29) is 0 Å². The van der Waals surface area contributed by atoms with Gasteiger partial charge in [-0.25, -0.2) is 0 Å². The molecule has 1 aromatic carbocycles. The fraction of sp³-hybridized carbons (Fsp3) is 0.474. The lowest BCUT2D eigenvalue weighted by Crippen LogP contribution is -1.87. The smallest absolute Gasteiger partial charge is 0.0201 e. The Morgan fingerprint density at radius 3 is 2.16 bits per heavy atom. The molecule has 0 aliphatic heterocycles. The van der Waals surface area contributed by atoms with Crippen molar-refractivity contribution >= 4 is 5.57 Å². The van der Waals surface area contributed by atoms with Crippen LogP contribution in [-0.4, -0.2) is 0 Å². The van der Waals surface area contributed by atoms with Crippen LogP contribution in [0, 0.1) is 6.92 Å². The maximum Gasteiger partial charge on any atom is -0.0201 e. The van der Waals surface area contributed by atoms with Crippen molar-refractivity contribution in [3.8, 4) is 0 Å². The van der Waals surface area contributed by atoms with Crippen LogP contribution < -0.4 is 0 Å². The topological polar surface area (TPSA) is 0 Å². The minimum atomic E-state index is 1.10. The van der Waals surface area contributed by atoms with E-state index in [9.17, 15) is 0 Å². The van der Waals surface area contributed by atoms with Gasteiger partial charge in [-0.15, -0.1) is 6.58 Å². The predicted molar refractivity (Wildman–Crippen MR) is 91.6 cm³/mol. The van der Waals surface area contributed by atoms with E-state index in [1.165, 1.54) is 29.5 Å². The van der Waals surface area contributed by atoms with Gasteiger partial charge in [-0.1, -0.05) is 64.6 Å². The van der Waals surface area contributed by atoms with Gasteiger partial charge in [-0.05, 0) is 49.3 Å². The van der Waals surface area contributed by atoms with Crippen LogP contribution in [0.2, 0.25) is 0 Å². The molecule has 0 aliphatic rings. The first-order valence-corrected chi connectivity index (χ1v) is 7.60.